The SMILES string of the molecule is Cc1cccc2c1C(c1cc3[nH]cc(C)c3c(-c3cc4ccccc4[nH]3)c1C1C3C=CC=CC3C3CCCCC31)c1ccccc1-2. The van der Waals surface area contributed by atoms with E-state index in [-0.39, 0.29) is 5.92 Å². The van der Waals surface area contributed by atoms with Crippen molar-refractivity contribution in [3.8, 4) is 22.4 Å². The van der Waals surface area contributed by atoms with E-state index in [2.05, 4.69) is 133 Å². The molecule has 2 aromatic heterocycles. The Balaban J connectivity index is 1.35. The molecule has 4 aliphatic carbocycles. The van der Waals surface area contributed by atoms with E-state index in [1.54, 1.807) is 5.56 Å². The van der Waals surface area contributed by atoms with Crippen molar-refractivity contribution < 1.29 is 0 Å². The van der Waals surface area contributed by atoms with E-state index in [0.717, 1.165) is 5.92 Å². The third-order valence-corrected chi connectivity index (χ3v) is 12.3. The number of rotatable bonds is 3. The fraction of sp³-hybridized carbons (Fsp3) is 0.273. The van der Waals surface area contributed by atoms with Crippen LogP contribution in [-0.2, 0) is 0 Å². The second kappa shape index (κ2) is 9.97. The normalized spacial score (nSPS) is 26.0. The second-order valence-electron chi connectivity index (χ2n) is 14.5. The highest BCUT2D eigenvalue weighted by atomic mass is 14.7. The zero-order valence-electron chi connectivity index (χ0n) is 26.7. The third-order valence-electron chi connectivity index (χ3n) is 12.3. The summed E-state index contributed by atoms with van der Waals surface area (Å²) in [6.45, 7) is 4.62. The van der Waals surface area contributed by atoms with Crippen molar-refractivity contribution in [2.75, 3.05) is 0 Å². The molecule has 6 unspecified atom stereocenters. The molecule has 2 fully saturated rings. The first kappa shape index (κ1) is 26.6. The number of aromatic amines is 2. The Bertz CT molecular complexity index is 2200. The number of fused-ring (bicyclic) bond motifs is 8. The predicted molar refractivity (Wildman–Crippen MR) is 191 cm³/mol. The van der Waals surface area contributed by atoms with Gasteiger partial charge in [0.25, 0.3) is 0 Å². The number of para-hydroxylation sites is 1. The van der Waals surface area contributed by atoms with Gasteiger partial charge in [-0.1, -0.05) is 97.8 Å². The molecule has 2 heterocycles. The van der Waals surface area contributed by atoms with Crippen molar-refractivity contribution in [2.24, 2.45) is 23.7 Å². The Morgan fingerprint density at radius 1 is 0.652 bits per heavy atom. The molecule has 226 valence electrons. The molecule has 0 bridgehead atoms. The van der Waals surface area contributed by atoms with Crippen LogP contribution in [0.2, 0.25) is 0 Å². The maximum atomic E-state index is 3.95. The average Bonchev–Trinajstić information content (AvgIpc) is 3.85. The molecule has 10 rings (SSSR count). The van der Waals surface area contributed by atoms with Crippen molar-refractivity contribution in [1.29, 1.82) is 0 Å². The number of allylic oxidation sites excluding steroid dienone is 4. The van der Waals surface area contributed by atoms with Crippen molar-refractivity contribution in [3.05, 3.63) is 143 Å². The minimum Gasteiger partial charge on any atom is -0.361 e. The average molecular weight is 597 g/mol. The Kier molecular flexibility index (Phi) is 5.77. The summed E-state index contributed by atoms with van der Waals surface area (Å²) >= 11 is 0. The van der Waals surface area contributed by atoms with E-state index < -0.39 is 0 Å². The predicted octanol–water partition coefficient (Wildman–Crippen LogP) is 11.4. The lowest BCUT2D eigenvalue weighted by molar-refractivity contribution is 0.238. The summed E-state index contributed by atoms with van der Waals surface area (Å²) in [5, 5.41) is 2.66. The maximum absolute atomic E-state index is 3.95. The van der Waals surface area contributed by atoms with Crippen LogP contribution < -0.4 is 0 Å². The Morgan fingerprint density at radius 3 is 2.33 bits per heavy atom. The molecule has 46 heavy (non-hydrogen) atoms. The highest BCUT2D eigenvalue weighted by Gasteiger charge is 2.52. The van der Waals surface area contributed by atoms with E-state index >= 15 is 0 Å². The van der Waals surface area contributed by atoms with Crippen molar-refractivity contribution in [3.63, 3.8) is 0 Å². The maximum Gasteiger partial charge on any atom is 0.0474 e. The molecule has 0 aliphatic heterocycles. The summed E-state index contributed by atoms with van der Waals surface area (Å²) < 4.78 is 0. The van der Waals surface area contributed by atoms with Crippen molar-refractivity contribution in [1.82, 2.24) is 9.97 Å². The van der Waals surface area contributed by atoms with Gasteiger partial charge in [-0.25, -0.2) is 0 Å². The third kappa shape index (κ3) is 3.65. The molecule has 2 saturated carbocycles. The highest BCUT2D eigenvalue weighted by Crippen LogP contribution is 2.62. The number of hydrogen-bond donors (Lipinski definition) is 2. The summed E-state index contributed by atoms with van der Waals surface area (Å²) in [5.41, 5.74) is 16.7. The number of aryl methyl sites for hydroxylation is 2. The minimum absolute atomic E-state index is 0.197. The number of benzene rings is 4. The van der Waals surface area contributed by atoms with Crippen molar-refractivity contribution >= 4 is 21.8 Å². The van der Waals surface area contributed by atoms with Gasteiger partial charge in [0.2, 0.25) is 0 Å². The van der Waals surface area contributed by atoms with Gasteiger partial charge in [0, 0.05) is 45.2 Å². The zero-order valence-corrected chi connectivity index (χ0v) is 26.7. The van der Waals surface area contributed by atoms with Crippen LogP contribution in [0.15, 0.2) is 109 Å². The molecule has 4 aromatic carbocycles. The Morgan fingerprint density at radius 2 is 1.43 bits per heavy atom. The standard InChI is InChI=1S/C44H40N2/c1-25-12-11-20-31-30-16-6-9-19-34(30)42(39(25)31)35-23-37-40(26(2)24-45-37)44(38-22-27-13-3-10-21-36(27)46-38)43(35)41-32-17-7-4-14-28(32)29-15-5-8-18-33(29)41/h3-4,6-7,9-14,16-17,19-24,28-29,32-33,41-42,45-46H,5,8,15,18H2,1-2H3. The van der Waals surface area contributed by atoms with Gasteiger partial charge < -0.3 is 9.97 Å². The summed E-state index contributed by atoms with van der Waals surface area (Å²) in [5.74, 6) is 3.24. The van der Waals surface area contributed by atoms with Crippen LogP contribution in [0.25, 0.3) is 44.2 Å². The molecule has 2 heteroatoms. The lowest BCUT2D eigenvalue weighted by Crippen LogP contribution is -2.22. The molecule has 6 atom stereocenters. The fourth-order valence-corrected chi connectivity index (χ4v) is 10.6. The molecular weight excluding hydrogens is 556 g/mol. The quantitative estimate of drug-likeness (QED) is 0.203. The number of H-pyrrole nitrogens is 2. The van der Waals surface area contributed by atoms with Crippen LogP contribution >= 0.6 is 0 Å². The van der Waals surface area contributed by atoms with Crippen LogP contribution in [0.1, 0.15) is 70.9 Å². The lowest BCUT2D eigenvalue weighted by atomic mass is 9.69. The summed E-state index contributed by atoms with van der Waals surface area (Å²) in [6.07, 6.45) is 17.5. The zero-order chi connectivity index (χ0) is 30.5. The van der Waals surface area contributed by atoms with Crippen LogP contribution in [0.4, 0.5) is 0 Å². The lowest BCUT2D eigenvalue weighted by Gasteiger charge is -2.34. The van der Waals surface area contributed by atoms with Gasteiger partial charge in [0.15, 0.2) is 0 Å². The van der Waals surface area contributed by atoms with E-state index in [9.17, 15) is 0 Å². The van der Waals surface area contributed by atoms with Crippen LogP contribution in [0.3, 0.4) is 0 Å². The molecule has 0 amide bonds. The highest BCUT2D eigenvalue weighted by molar-refractivity contribution is 6.02. The first-order chi connectivity index (χ1) is 22.7. The molecule has 6 aromatic rings. The van der Waals surface area contributed by atoms with E-state index in [1.165, 1.54) is 97.7 Å². The van der Waals surface area contributed by atoms with E-state index in [0.29, 0.717) is 23.7 Å². The van der Waals surface area contributed by atoms with Crippen LogP contribution in [0, 0.1) is 37.5 Å². The van der Waals surface area contributed by atoms with E-state index in [1.807, 2.05) is 0 Å². The second-order valence-corrected chi connectivity index (χ2v) is 14.5. The van der Waals surface area contributed by atoms with Crippen LogP contribution in [-0.4, -0.2) is 9.97 Å². The first-order valence-electron chi connectivity index (χ1n) is 17.4. The fourth-order valence-electron chi connectivity index (χ4n) is 10.6. The van der Waals surface area contributed by atoms with Gasteiger partial charge in [-0.2, -0.15) is 0 Å². The Labute approximate surface area is 271 Å². The number of aromatic nitrogens is 2. The van der Waals surface area contributed by atoms with Gasteiger partial charge in [-0.3, -0.25) is 0 Å². The summed E-state index contributed by atoms with van der Waals surface area (Å²) in [4.78, 5) is 7.70. The number of hydrogen-bond acceptors (Lipinski definition) is 0. The molecule has 0 spiro atoms. The van der Waals surface area contributed by atoms with Gasteiger partial charge in [-0.15, -0.1) is 0 Å². The first-order valence-corrected chi connectivity index (χ1v) is 17.4. The summed E-state index contributed by atoms with van der Waals surface area (Å²) in [7, 11) is 0. The van der Waals surface area contributed by atoms with Gasteiger partial charge in [0.05, 0.1) is 0 Å². The molecule has 2 N–H and O–H groups in total. The van der Waals surface area contributed by atoms with Gasteiger partial charge >= 0.3 is 0 Å². The molecule has 0 radical (unpaired) electrons. The summed E-state index contributed by atoms with van der Waals surface area (Å²) in [6, 6.07) is 29.9. The van der Waals surface area contributed by atoms with Crippen molar-refractivity contribution in [2.45, 2.75) is 51.4 Å². The monoisotopic (exact) mass is 596 g/mol. The van der Waals surface area contributed by atoms with Gasteiger partial charge in [0.1, 0.15) is 0 Å². The van der Waals surface area contributed by atoms with Gasteiger partial charge in [-0.05, 0) is 119 Å². The molecule has 0 saturated heterocycles. The minimum atomic E-state index is 0.197. The van der Waals surface area contributed by atoms with Crippen LogP contribution in [0.5, 0.6) is 0 Å². The van der Waals surface area contributed by atoms with E-state index in [4.69, 9.17) is 0 Å². The molecule has 2 nitrogen and oxygen atoms in total. The Hall–Kier alpha value is -4.56. The molecule has 4 aliphatic rings. The number of nitrogens with one attached hydrogen (secondary N) is 2. The topological polar surface area (TPSA) is 31.6 Å². The largest absolute Gasteiger partial charge is 0.361 e. The smallest absolute Gasteiger partial charge is 0.0474 e. The molecular formula is C44H40N2.